The normalized spacial score (nSPS) is 20.5. The maximum atomic E-state index is 14.6. The number of carboxylic acids is 1. The van der Waals surface area contributed by atoms with Crippen LogP contribution in [0.4, 0.5) is 22.0 Å². The van der Waals surface area contributed by atoms with E-state index in [0.717, 1.165) is 59.8 Å². The smallest absolute Gasteiger partial charge is 0.303 e. The number of carboxylic acid groups (broad SMARTS) is 1. The van der Waals surface area contributed by atoms with E-state index in [9.17, 15) is 31.5 Å². The number of aryl methyl sites for hydroxylation is 1. The van der Waals surface area contributed by atoms with Crippen molar-refractivity contribution in [1.29, 1.82) is 0 Å². The van der Waals surface area contributed by atoms with E-state index in [1.807, 2.05) is 30.3 Å². The van der Waals surface area contributed by atoms with Gasteiger partial charge in [-0.25, -0.2) is 22.0 Å². The molecule has 2 unspecified atom stereocenters. The van der Waals surface area contributed by atoms with E-state index in [4.69, 9.17) is 14.6 Å². The number of carbonyl (C=O) groups excluding carboxylic acids is 1. The summed E-state index contributed by atoms with van der Waals surface area (Å²) in [6.07, 6.45) is 2.33. The van der Waals surface area contributed by atoms with Gasteiger partial charge in [-0.05, 0) is 105 Å². The third kappa shape index (κ3) is 10.9. The topological polar surface area (TPSA) is 91.3 Å². The number of benzene rings is 3. The third-order valence-corrected chi connectivity index (χ3v) is 11.2. The lowest BCUT2D eigenvalue weighted by Gasteiger charge is -2.44. The lowest BCUT2D eigenvalue weighted by molar-refractivity contribution is -0.168. The molecule has 2 heterocycles. The van der Waals surface area contributed by atoms with Crippen LogP contribution in [0.25, 0.3) is 21.9 Å². The summed E-state index contributed by atoms with van der Waals surface area (Å²) in [5.74, 6) is -6.10. The summed E-state index contributed by atoms with van der Waals surface area (Å²) in [6.45, 7) is 8.40. The van der Waals surface area contributed by atoms with Crippen molar-refractivity contribution < 1.29 is 46.1 Å². The molecule has 0 saturated carbocycles. The van der Waals surface area contributed by atoms with Crippen molar-refractivity contribution in [3.8, 4) is 22.6 Å². The number of hydrogen-bond acceptors (Lipinski definition) is 6. The summed E-state index contributed by atoms with van der Waals surface area (Å²) >= 11 is 0. The zero-order valence-electron chi connectivity index (χ0n) is 33.8. The van der Waals surface area contributed by atoms with Gasteiger partial charge in [0.05, 0.1) is 26.3 Å². The van der Waals surface area contributed by atoms with Crippen LogP contribution in [0.2, 0.25) is 0 Å². The molecule has 3 aromatic carbocycles. The lowest BCUT2D eigenvalue weighted by Crippen LogP contribution is -2.57. The highest BCUT2D eigenvalue weighted by atomic mass is 19.3. The Kier molecular flexibility index (Phi) is 14.8. The number of hydrogen-bond donors (Lipinski definition) is 2. The minimum Gasteiger partial charge on any atom is -0.496 e. The summed E-state index contributed by atoms with van der Waals surface area (Å²) in [4.78, 5) is 27.0. The molecular formula is C43H58F5N3O5. The molecule has 310 valence electrons. The largest absolute Gasteiger partial charge is 0.496 e. The van der Waals surface area contributed by atoms with Gasteiger partial charge in [-0.3, -0.25) is 19.4 Å². The van der Waals surface area contributed by atoms with Gasteiger partial charge in [0.15, 0.2) is 0 Å². The molecule has 2 N–H and O–H groups in total. The minimum absolute atomic E-state index is 0.0734. The Morgan fingerprint density at radius 1 is 0.929 bits per heavy atom. The summed E-state index contributed by atoms with van der Waals surface area (Å²) < 4.78 is 80.0. The highest BCUT2D eigenvalue weighted by Gasteiger charge is 2.56. The second-order valence-electron chi connectivity index (χ2n) is 15.7. The Balaban J connectivity index is 0.000000296. The highest BCUT2D eigenvalue weighted by Crippen LogP contribution is 2.46. The van der Waals surface area contributed by atoms with Crippen molar-refractivity contribution >= 4 is 22.6 Å². The lowest BCUT2D eigenvalue weighted by atomic mass is 9.72. The molecule has 2 fully saturated rings. The van der Waals surface area contributed by atoms with Crippen molar-refractivity contribution in [2.24, 2.45) is 5.41 Å². The van der Waals surface area contributed by atoms with Crippen molar-refractivity contribution in [2.75, 3.05) is 46.9 Å². The number of rotatable bonds is 14. The van der Waals surface area contributed by atoms with Gasteiger partial charge in [0.1, 0.15) is 22.6 Å². The second-order valence-corrected chi connectivity index (χ2v) is 15.7. The number of fused-ring (bicyclic) bond motifs is 1. The van der Waals surface area contributed by atoms with E-state index in [1.54, 1.807) is 28.1 Å². The molecule has 2 atom stereocenters. The van der Waals surface area contributed by atoms with Gasteiger partial charge in [-0.1, -0.05) is 43.3 Å². The van der Waals surface area contributed by atoms with Gasteiger partial charge in [0.25, 0.3) is 11.8 Å². The average Bonchev–Trinajstić information content (AvgIpc) is 3.13. The van der Waals surface area contributed by atoms with Crippen LogP contribution in [-0.4, -0.2) is 97.3 Å². The van der Waals surface area contributed by atoms with Crippen LogP contribution >= 0.6 is 0 Å². The van der Waals surface area contributed by atoms with Gasteiger partial charge in [0.2, 0.25) is 5.91 Å². The van der Waals surface area contributed by atoms with Crippen LogP contribution in [-0.2, 0) is 22.6 Å². The molecule has 0 spiro atoms. The molecule has 0 aliphatic carbocycles. The highest BCUT2D eigenvalue weighted by molar-refractivity contribution is 6.01. The van der Waals surface area contributed by atoms with Crippen molar-refractivity contribution in [2.45, 2.75) is 110 Å². The van der Waals surface area contributed by atoms with Crippen LogP contribution in [0, 0.1) is 5.41 Å². The number of methoxy groups -OCH3 is 2. The van der Waals surface area contributed by atoms with Crippen molar-refractivity contribution in [3.63, 3.8) is 0 Å². The fourth-order valence-corrected chi connectivity index (χ4v) is 8.18. The van der Waals surface area contributed by atoms with Crippen LogP contribution < -0.4 is 14.8 Å². The predicted octanol–water partition coefficient (Wildman–Crippen LogP) is 9.16. The van der Waals surface area contributed by atoms with Crippen LogP contribution in [0.15, 0.2) is 48.5 Å². The zero-order chi connectivity index (χ0) is 41.5. The summed E-state index contributed by atoms with van der Waals surface area (Å²) in [5, 5.41) is 13.7. The van der Waals surface area contributed by atoms with Crippen molar-refractivity contribution in [3.05, 3.63) is 59.7 Å². The number of carbonyl (C=O) groups is 2. The van der Waals surface area contributed by atoms with Crippen molar-refractivity contribution in [1.82, 2.24) is 15.1 Å². The second kappa shape index (κ2) is 18.5. The first-order valence-corrected chi connectivity index (χ1v) is 19.4. The van der Waals surface area contributed by atoms with Crippen LogP contribution in [0.3, 0.4) is 0 Å². The quantitative estimate of drug-likeness (QED) is 0.158. The zero-order valence-corrected chi connectivity index (χ0v) is 33.8. The number of alkyl halides is 5. The van der Waals surface area contributed by atoms with E-state index < -0.39 is 41.4 Å². The number of halogens is 5. The van der Waals surface area contributed by atoms with E-state index in [0.29, 0.717) is 37.3 Å². The molecule has 1 amide bonds. The maximum Gasteiger partial charge on any atom is 0.303 e. The molecule has 0 radical (unpaired) electrons. The van der Waals surface area contributed by atoms with Crippen LogP contribution in [0.5, 0.6) is 11.5 Å². The molecule has 13 heteroatoms. The Morgan fingerprint density at radius 2 is 1.54 bits per heavy atom. The molecule has 3 aromatic rings. The van der Waals surface area contributed by atoms with Gasteiger partial charge in [-0.2, -0.15) is 0 Å². The Bertz CT molecular complexity index is 1780. The predicted molar refractivity (Wildman–Crippen MR) is 210 cm³/mol. The number of piperidine rings is 2. The monoisotopic (exact) mass is 791 g/mol. The number of nitrogens with one attached hydrogen (secondary N) is 1. The molecule has 2 aliphatic heterocycles. The number of aliphatic carboxylic acids is 1. The summed E-state index contributed by atoms with van der Waals surface area (Å²) in [5.41, 5.74) is 1.02. The first-order chi connectivity index (χ1) is 26.3. The van der Waals surface area contributed by atoms with Gasteiger partial charge >= 0.3 is 5.97 Å². The van der Waals surface area contributed by atoms with Crippen LogP contribution in [0.1, 0.15) is 84.3 Å². The molecule has 2 saturated heterocycles. The van der Waals surface area contributed by atoms with Gasteiger partial charge in [0, 0.05) is 45.9 Å². The Labute approximate surface area is 327 Å². The van der Waals surface area contributed by atoms with E-state index in [2.05, 4.69) is 35.3 Å². The SMILES string of the molecule is CCC1CC(C)(F)CCN1Cc1cc(OC)c(-c2cccc3c(CCC(=O)O)cccc23)c(OC)c1.CCNC(=O)C1(C(C)(F)F)CCN(CC(C)(F)F)CC1. The molecule has 56 heavy (non-hydrogen) atoms. The molecule has 0 bridgehead atoms. The maximum absolute atomic E-state index is 14.6. The Morgan fingerprint density at radius 3 is 2.07 bits per heavy atom. The summed E-state index contributed by atoms with van der Waals surface area (Å²) in [6, 6.07) is 16.4. The number of ether oxygens (including phenoxy) is 2. The van der Waals surface area contributed by atoms with E-state index in [1.165, 1.54) is 4.90 Å². The minimum atomic E-state index is -3.17. The number of nitrogens with zero attached hydrogens (tertiary/aromatic N) is 2. The summed E-state index contributed by atoms with van der Waals surface area (Å²) in [7, 11) is 3.32. The molecule has 0 aromatic heterocycles. The first-order valence-electron chi connectivity index (χ1n) is 19.4. The fourth-order valence-electron chi connectivity index (χ4n) is 8.18. The Hall–Kier alpha value is -3.97. The van der Waals surface area contributed by atoms with Gasteiger partial charge in [-0.15, -0.1) is 0 Å². The molecule has 8 nitrogen and oxygen atoms in total. The number of amides is 1. The van der Waals surface area contributed by atoms with Gasteiger partial charge < -0.3 is 19.9 Å². The average molecular weight is 792 g/mol. The first kappa shape index (κ1) is 44.7. The molecule has 5 rings (SSSR count). The fraction of sp³-hybridized carbons (Fsp3) is 0.581. The van der Waals surface area contributed by atoms with E-state index in [-0.39, 0.29) is 44.9 Å². The van der Waals surface area contributed by atoms with E-state index >= 15 is 0 Å². The molecule has 2 aliphatic rings. The molecular weight excluding hydrogens is 733 g/mol. The third-order valence-electron chi connectivity index (χ3n) is 11.2. The standard InChI is InChI=1S/C30H36FNO4.C13H22F4N2O/c1-5-22-18-30(2,31)14-15-32(22)19-20-16-26(35-3)29(27(17-20)36-4)25-11-7-9-23-21(12-13-28(33)34)8-6-10-24(23)25;1-4-18-10(20)13(12(3,16)17)5-7-19(8-6-13)9-11(2,14)15/h6-11,16-17,22H,5,12-15,18-19H2,1-4H3,(H,33,34);4-9H2,1-3H3,(H,18,20). The number of likely N-dealkylation sites (tertiary alicyclic amines) is 2.